The highest BCUT2D eigenvalue weighted by atomic mass is 19.4. The Morgan fingerprint density at radius 3 is 1.31 bits per heavy atom. The van der Waals surface area contributed by atoms with Crippen molar-refractivity contribution >= 4 is 0 Å². The van der Waals surface area contributed by atoms with Gasteiger partial charge < -0.3 is 5.32 Å². The van der Waals surface area contributed by atoms with Gasteiger partial charge in [0.25, 0.3) is 0 Å². The van der Waals surface area contributed by atoms with Gasteiger partial charge in [0, 0.05) is 13.1 Å². The predicted molar refractivity (Wildman–Crippen MR) is 32.0 cm³/mol. The van der Waals surface area contributed by atoms with Gasteiger partial charge in [-0.15, -0.1) is 0 Å². The van der Waals surface area contributed by atoms with Crippen LogP contribution in [-0.2, 0) is 0 Å². The van der Waals surface area contributed by atoms with Crippen molar-refractivity contribution in [3.63, 3.8) is 0 Å². The molecule has 1 nitrogen and oxygen atoms in total. The van der Waals surface area contributed by atoms with Crippen molar-refractivity contribution in [2.75, 3.05) is 13.1 Å². The van der Waals surface area contributed by atoms with Gasteiger partial charge in [-0.25, -0.2) is 0 Å². The van der Waals surface area contributed by atoms with Crippen molar-refractivity contribution in [2.24, 2.45) is 11.8 Å². The van der Waals surface area contributed by atoms with E-state index in [0.717, 1.165) is 0 Å². The molecular formula is C6H7F6N. The molecule has 1 heterocycles. The Labute approximate surface area is 70.1 Å². The first kappa shape index (κ1) is 10.6. The molecule has 0 radical (unpaired) electrons. The summed E-state index contributed by atoms with van der Waals surface area (Å²) in [5, 5.41) is 2.10. The normalized spacial score (nSPS) is 30.9. The van der Waals surface area contributed by atoms with Gasteiger partial charge in [-0.1, -0.05) is 0 Å². The highest BCUT2D eigenvalue weighted by Crippen LogP contribution is 2.42. The third-order valence-corrected chi connectivity index (χ3v) is 2.06. The maximum absolute atomic E-state index is 12.0. The smallest absolute Gasteiger partial charge is 0.315 e. The molecule has 1 N–H and O–H groups in total. The number of nitrogens with one attached hydrogen (secondary N) is 1. The van der Waals surface area contributed by atoms with Crippen molar-refractivity contribution in [3.8, 4) is 0 Å². The van der Waals surface area contributed by atoms with E-state index in [0.29, 0.717) is 0 Å². The van der Waals surface area contributed by atoms with Crippen LogP contribution in [0.25, 0.3) is 0 Å². The van der Waals surface area contributed by atoms with Gasteiger partial charge in [-0.2, -0.15) is 26.3 Å². The average Bonchev–Trinajstić information content (AvgIpc) is 2.27. The minimum Gasteiger partial charge on any atom is -0.315 e. The zero-order valence-corrected chi connectivity index (χ0v) is 6.34. The summed E-state index contributed by atoms with van der Waals surface area (Å²) in [6.45, 7) is -1.29. The molecule has 1 aliphatic heterocycles. The maximum Gasteiger partial charge on any atom is 0.393 e. The minimum atomic E-state index is -4.77. The van der Waals surface area contributed by atoms with Crippen LogP contribution in [0.2, 0.25) is 0 Å². The van der Waals surface area contributed by atoms with Gasteiger partial charge in [-0.3, -0.25) is 0 Å². The van der Waals surface area contributed by atoms with E-state index in [1.165, 1.54) is 0 Å². The zero-order valence-electron chi connectivity index (χ0n) is 6.34. The monoisotopic (exact) mass is 207 g/mol. The molecule has 78 valence electrons. The van der Waals surface area contributed by atoms with E-state index in [-0.39, 0.29) is 0 Å². The first-order chi connectivity index (χ1) is 5.73. The Balaban J connectivity index is 2.76. The average molecular weight is 207 g/mol. The Kier molecular flexibility index (Phi) is 2.48. The van der Waals surface area contributed by atoms with Crippen LogP contribution in [0.4, 0.5) is 26.3 Å². The molecule has 0 spiro atoms. The highest BCUT2D eigenvalue weighted by molar-refractivity contribution is 4.89. The second kappa shape index (κ2) is 3.04. The van der Waals surface area contributed by atoms with E-state index in [2.05, 4.69) is 5.32 Å². The van der Waals surface area contributed by atoms with Gasteiger partial charge in [0.1, 0.15) is 0 Å². The Hall–Kier alpha value is -0.460. The van der Waals surface area contributed by atoms with Crippen LogP contribution in [0.5, 0.6) is 0 Å². The molecular weight excluding hydrogens is 200 g/mol. The number of halogens is 6. The van der Waals surface area contributed by atoms with E-state index in [1.54, 1.807) is 0 Å². The van der Waals surface area contributed by atoms with Crippen LogP contribution < -0.4 is 5.32 Å². The molecule has 0 bridgehead atoms. The fourth-order valence-corrected chi connectivity index (χ4v) is 1.37. The molecule has 2 atom stereocenters. The Bertz CT molecular complexity index is 163. The topological polar surface area (TPSA) is 12.0 Å². The molecule has 0 amide bonds. The quantitative estimate of drug-likeness (QED) is 0.598. The van der Waals surface area contributed by atoms with Crippen molar-refractivity contribution in [3.05, 3.63) is 0 Å². The van der Waals surface area contributed by atoms with E-state index in [1.807, 2.05) is 0 Å². The van der Waals surface area contributed by atoms with E-state index < -0.39 is 37.3 Å². The van der Waals surface area contributed by atoms with Crippen molar-refractivity contribution in [1.82, 2.24) is 5.32 Å². The molecule has 7 heteroatoms. The summed E-state index contributed by atoms with van der Waals surface area (Å²) in [7, 11) is 0. The highest BCUT2D eigenvalue weighted by Gasteiger charge is 2.57. The van der Waals surface area contributed by atoms with Gasteiger partial charge in [0.2, 0.25) is 0 Å². The summed E-state index contributed by atoms with van der Waals surface area (Å²) in [5.41, 5.74) is 0. The van der Waals surface area contributed by atoms with Crippen molar-refractivity contribution in [1.29, 1.82) is 0 Å². The fourth-order valence-electron chi connectivity index (χ4n) is 1.37. The number of hydrogen-bond acceptors (Lipinski definition) is 1. The second-order valence-corrected chi connectivity index (χ2v) is 2.95. The fraction of sp³-hybridized carbons (Fsp3) is 1.00. The number of rotatable bonds is 0. The molecule has 1 aliphatic rings. The lowest BCUT2D eigenvalue weighted by Gasteiger charge is -2.23. The number of alkyl halides is 6. The van der Waals surface area contributed by atoms with E-state index in [4.69, 9.17) is 0 Å². The van der Waals surface area contributed by atoms with Crippen LogP contribution in [-0.4, -0.2) is 25.4 Å². The van der Waals surface area contributed by atoms with E-state index >= 15 is 0 Å². The van der Waals surface area contributed by atoms with Crippen LogP contribution in [0, 0.1) is 11.8 Å². The molecule has 0 aliphatic carbocycles. The lowest BCUT2D eigenvalue weighted by molar-refractivity contribution is -0.239. The summed E-state index contributed by atoms with van der Waals surface area (Å²) in [6, 6.07) is 0. The van der Waals surface area contributed by atoms with Crippen LogP contribution in [0.15, 0.2) is 0 Å². The lowest BCUT2D eigenvalue weighted by atomic mass is 9.95. The molecule has 0 aromatic carbocycles. The summed E-state index contributed by atoms with van der Waals surface area (Å²) >= 11 is 0. The second-order valence-electron chi connectivity index (χ2n) is 2.95. The van der Waals surface area contributed by atoms with Crippen molar-refractivity contribution < 1.29 is 26.3 Å². The minimum absolute atomic E-state index is 0.645. The first-order valence-electron chi connectivity index (χ1n) is 3.57. The van der Waals surface area contributed by atoms with Gasteiger partial charge in [0.05, 0.1) is 11.8 Å². The van der Waals surface area contributed by atoms with E-state index in [9.17, 15) is 26.3 Å². The summed E-state index contributed by atoms with van der Waals surface area (Å²) < 4.78 is 72.0. The van der Waals surface area contributed by atoms with Gasteiger partial charge in [-0.05, 0) is 0 Å². The molecule has 1 saturated heterocycles. The predicted octanol–water partition coefficient (Wildman–Crippen LogP) is 1.95. The summed E-state index contributed by atoms with van der Waals surface area (Å²) in [4.78, 5) is 0. The lowest BCUT2D eigenvalue weighted by Crippen LogP contribution is -2.37. The van der Waals surface area contributed by atoms with Crippen molar-refractivity contribution in [2.45, 2.75) is 12.4 Å². The van der Waals surface area contributed by atoms with Gasteiger partial charge >= 0.3 is 12.4 Å². The maximum atomic E-state index is 12.0. The molecule has 1 rings (SSSR count). The largest absolute Gasteiger partial charge is 0.393 e. The van der Waals surface area contributed by atoms with Gasteiger partial charge in [0.15, 0.2) is 0 Å². The molecule has 13 heavy (non-hydrogen) atoms. The first-order valence-corrected chi connectivity index (χ1v) is 3.57. The van der Waals surface area contributed by atoms with Crippen LogP contribution in [0.3, 0.4) is 0 Å². The Morgan fingerprint density at radius 1 is 0.769 bits per heavy atom. The Morgan fingerprint density at radius 2 is 1.08 bits per heavy atom. The third kappa shape index (κ3) is 2.26. The molecule has 0 saturated carbocycles. The van der Waals surface area contributed by atoms with Crippen LogP contribution >= 0.6 is 0 Å². The van der Waals surface area contributed by atoms with Crippen LogP contribution in [0.1, 0.15) is 0 Å². The zero-order chi connectivity index (χ0) is 10.3. The molecule has 0 unspecified atom stereocenters. The molecule has 1 fully saturated rings. The summed E-state index contributed by atoms with van der Waals surface area (Å²) in [5.74, 6) is -4.60. The molecule has 0 aromatic rings. The standard InChI is InChI=1S/C6H7F6N/c7-5(8,9)3-1-13-2-4(3)6(10,11)12/h3-4,13H,1-2H2/t3-,4-/m1/s1. The SMILES string of the molecule is FC(F)(F)[C@@H]1CNC[C@H]1C(F)(F)F. The molecule has 0 aromatic heterocycles. The summed E-state index contributed by atoms with van der Waals surface area (Å²) in [6.07, 6.45) is -9.55. The third-order valence-electron chi connectivity index (χ3n) is 2.06. The number of hydrogen-bond donors (Lipinski definition) is 1.